The van der Waals surface area contributed by atoms with Gasteiger partial charge in [0.25, 0.3) is 0 Å². The molecule has 0 radical (unpaired) electrons. The van der Waals surface area contributed by atoms with Crippen molar-refractivity contribution in [1.29, 1.82) is 0 Å². The number of nitrogens with one attached hydrogen (secondary N) is 2. The average Bonchev–Trinajstić information content (AvgIpc) is 3.32. The van der Waals surface area contributed by atoms with Crippen molar-refractivity contribution in [3.05, 3.63) is 70.9 Å². The molecule has 0 amide bonds. The Balaban J connectivity index is 1.35. The SMILES string of the molecule is CCC1C(Cc2c(C)[nH]c3ccccc23)=NNC1CCC(=O)Cc1ccc(C(C)=O)cc1. The maximum Gasteiger partial charge on any atom is 0.159 e. The lowest BCUT2D eigenvalue weighted by Crippen LogP contribution is -2.30. The molecule has 0 spiro atoms. The van der Waals surface area contributed by atoms with Gasteiger partial charge in [0.2, 0.25) is 0 Å². The fourth-order valence-electron chi connectivity index (χ4n) is 4.76. The molecule has 2 atom stereocenters. The Morgan fingerprint density at radius 2 is 1.81 bits per heavy atom. The van der Waals surface area contributed by atoms with E-state index in [1.54, 1.807) is 19.1 Å². The second kappa shape index (κ2) is 9.51. The van der Waals surface area contributed by atoms with Crippen molar-refractivity contribution in [3.8, 4) is 0 Å². The summed E-state index contributed by atoms with van der Waals surface area (Å²) in [5.41, 5.74) is 9.80. The number of nitrogens with zero attached hydrogens (tertiary/aromatic N) is 1. The number of H-pyrrole nitrogens is 1. The van der Waals surface area contributed by atoms with E-state index in [1.807, 2.05) is 12.1 Å². The van der Waals surface area contributed by atoms with Gasteiger partial charge in [0.15, 0.2) is 5.78 Å². The first-order chi connectivity index (χ1) is 15.5. The highest BCUT2D eigenvalue weighted by Crippen LogP contribution is 2.28. The summed E-state index contributed by atoms with van der Waals surface area (Å²) in [5, 5.41) is 5.95. The molecular weight excluding hydrogens is 398 g/mol. The molecule has 5 heteroatoms. The summed E-state index contributed by atoms with van der Waals surface area (Å²) in [5.74, 6) is 0.600. The lowest BCUT2D eigenvalue weighted by Gasteiger charge is -2.19. The van der Waals surface area contributed by atoms with Gasteiger partial charge in [0, 0.05) is 53.1 Å². The van der Waals surface area contributed by atoms with Crippen molar-refractivity contribution < 1.29 is 9.59 Å². The van der Waals surface area contributed by atoms with Crippen LogP contribution in [0.1, 0.15) is 60.3 Å². The molecule has 1 aliphatic heterocycles. The summed E-state index contributed by atoms with van der Waals surface area (Å²) in [6, 6.07) is 15.9. The monoisotopic (exact) mass is 429 g/mol. The number of hydrazone groups is 1. The normalized spacial score (nSPS) is 17.9. The van der Waals surface area contributed by atoms with E-state index in [0.717, 1.165) is 30.3 Å². The van der Waals surface area contributed by atoms with Gasteiger partial charge in [-0.05, 0) is 43.9 Å². The Morgan fingerprint density at radius 1 is 1.06 bits per heavy atom. The van der Waals surface area contributed by atoms with E-state index in [-0.39, 0.29) is 17.6 Å². The molecule has 2 aromatic carbocycles. The van der Waals surface area contributed by atoms with Crippen LogP contribution >= 0.6 is 0 Å². The van der Waals surface area contributed by atoms with Gasteiger partial charge in [-0.15, -0.1) is 0 Å². The summed E-state index contributed by atoms with van der Waals surface area (Å²) in [4.78, 5) is 27.5. The van der Waals surface area contributed by atoms with Crippen molar-refractivity contribution in [2.24, 2.45) is 11.0 Å². The van der Waals surface area contributed by atoms with E-state index in [9.17, 15) is 9.59 Å². The van der Waals surface area contributed by atoms with Crippen molar-refractivity contribution >= 4 is 28.2 Å². The molecule has 5 nitrogen and oxygen atoms in total. The van der Waals surface area contributed by atoms with Gasteiger partial charge in [0.1, 0.15) is 5.78 Å². The van der Waals surface area contributed by atoms with Crippen molar-refractivity contribution in [2.75, 3.05) is 0 Å². The molecule has 0 bridgehead atoms. The van der Waals surface area contributed by atoms with E-state index in [0.29, 0.717) is 24.3 Å². The first kappa shape index (κ1) is 22.0. The smallest absolute Gasteiger partial charge is 0.159 e. The van der Waals surface area contributed by atoms with Crippen molar-refractivity contribution in [3.63, 3.8) is 0 Å². The highest BCUT2D eigenvalue weighted by molar-refractivity contribution is 5.96. The van der Waals surface area contributed by atoms with Gasteiger partial charge in [-0.1, -0.05) is 49.4 Å². The van der Waals surface area contributed by atoms with E-state index < -0.39 is 0 Å². The number of benzene rings is 2. The molecule has 0 saturated carbocycles. The van der Waals surface area contributed by atoms with Gasteiger partial charge in [-0.3, -0.25) is 9.59 Å². The molecule has 3 aromatic rings. The Kier molecular flexibility index (Phi) is 6.54. The van der Waals surface area contributed by atoms with Crippen LogP contribution in [0.25, 0.3) is 10.9 Å². The number of ketones is 2. The van der Waals surface area contributed by atoms with Crippen LogP contribution in [-0.2, 0) is 17.6 Å². The number of fused-ring (bicyclic) bond motifs is 1. The number of aromatic nitrogens is 1. The first-order valence-electron chi connectivity index (χ1n) is 11.5. The molecule has 2 N–H and O–H groups in total. The minimum Gasteiger partial charge on any atom is -0.358 e. The zero-order chi connectivity index (χ0) is 22.7. The first-order valence-corrected chi connectivity index (χ1v) is 11.5. The summed E-state index contributed by atoms with van der Waals surface area (Å²) in [6.07, 6.45) is 3.54. The van der Waals surface area contributed by atoms with Crippen LogP contribution in [0.4, 0.5) is 0 Å². The summed E-state index contributed by atoms with van der Waals surface area (Å²) < 4.78 is 0. The fourth-order valence-corrected chi connectivity index (χ4v) is 4.76. The molecule has 2 heterocycles. The van der Waals surface area contributed by atoms with E-state index in [2.05, 4.69) is 53.6 Å². The molecule has 0 aliphatic carbocycles. The number of carbonyl (C=O) groups excluding carboxylic acids is 2. The number of aromatic amines is 1. The van der Waals surface area contributed by atoms with Gasteiger partial charge in [-0.2, -0.15) is 5.10 Å². The van der Waals surface area contributed by atoms with E-state index >= 15 is 0 Å². The number of hydrogen-bond donors (Lipinski definition) is 2. The van der Waals surface area contributed by atoms with E-state index in [4.69, 9.17) is 0 Å². The highest BCUT2D eigenvalue weighted by Gasteiger charge is 2.31. The van der Waals surface area contributed by atoms with Crippen molar-refractivity contribution in [1.82, 2.24) is 10.4 Å². The number of Topliss-reactive ketones (excluding diaryl/α,β-unsaturated/α-hetero) is 2. The molecule has 32 heavy (non-hydrogen) atoms. The lowest BCUT2D eigenvalue weighted by atomic mass is 9.86. The topological polar surface area (TPSA) is 74.3 Å². The molecule has 4 rings (SSSR count). The second-order valence-electron chi connectivity index (χ2n) is 8.81. The summed E-state index contributed by atoms with van der Waals surface area (Å²) in [7, 11) is 0. The zero-order valence-electron chi connectivity index (χ0n) is 19.1. The standard InChI is InChI=1S/C27H31N3O2/c1-4-22-26(14-13-21(32)15-19-9-11-20(12-10-19)18(3)31)29-30-27(22)16-24-17(2)28-25-8-6-5-7-23(24)25/h5-12,22,26,28-29H,4,13-16H2,1-3H3. The third-order valence-corrected chi connectivity index (χ3v) is 6.61. The molecule has 2 unspecified atom stereocenters. The zero-order valence-corrected chi connectivity index (χ0v) is 19.1. The van der Waals surface area contributed by atoms with Crippen molar-refractivity contribution in [2.45, 2.75) is 58.9 Å². The molecule has 1 aromatic heterocycles. The van der Waals surface area contributed by atoms with Crippen LogP contribution in [0.5, 0.6) is 0 Å². The number of aryl methyl sites for hydroxylation is 1. The van der Waals surface area contributed by atoms with Crippen LogP contribution in [0.3, 0.4) is 0 Å². The predicted molar refractivity (Wildman–Crippen MR) is 129 cm³/mol. The quantitative estimate of drug-likeness (QED) is 0.461. The van der Waals surface area contributed by atoms with Crippen LogP contribution in [0, 0.1) is 12.8 Å². The van der Waals surface area contributed by atoms with Gasteiger partial charge >= 0.3 is 0 Å². The number of hydrogen-bond acceptors (Lipinski definition) is 4. The van der Waals surface area contributed by atoms with E-state index in [1.165, 1.54) is 22.4 Å². The van der Waals surface area contributed by atoms with Crippen LogP contribution in [-0.4, -0.2) is 28.3 Å². The Hall–Kier alpha value is -3.21. The number of para-hydroxylation sites is 1. The molecule has 166 valence electrons. The highest BCUT2D eigenvalue weighted by atomic mass is 16.1. The maximum atomic E-state index is 12.6. The third kappa shape index (κ3) is 4.67. The minimum atomic E-state index is 0.0411. The minimum absolute atomic E-state index is 0.0411. The lowest BCUT2D eigenvalue weighted by molar-refractivity contribution is -0.118. The Bertz CT molecular complexity index is 1160. The Labute approximate surface area is 189 Å². The van der Waals surface area contributed by atoms with Gasteiger partial charge in [0.05, 0.1) is 6.04 Å². The van der Waals surface area contributed by atoms with Crippen LogP contribution < -0.4 is 5.43 Å². The number of rotatable bonds is 9. The Morgan fingerprint density at radius 3 is 2.53 bits per heavy atom. The van der Waals surface area contributed by atoms with Crippen LogP contribution in [0.15, 0.2) is 53.6 Å². The van der Waals surface area contributed by atoms with Gasteiger partial charge < -0.3 is 10.4 Å². The predicted octanol–water partition coefficient (Wildman–Crippen LogP) is 5.17. The maximum absolute atomic E-state index is 12.6. The molecule has 0 saturated heterocycles. The second-order valence-corrected chi connectivity index (χ2v) is 8.81. The number of carbonyl (C=O) groups is 2. The third-order valence-electron chi connectivity index (χ3n) is 6.61. The molecular formula is C27H31N3O2. The average molecular weight is 430 g/mol. The fraction of sp³-hybridized carbons (Fsp3) is 0.370. The molecule has 0 fully saturated rings. The van der Waals surface area contributed by atoms with Gasteiger partial charge in [-0.25, -0.2) is 0 Å². The summed E-state index contributed by atoms with van der Waals surface area (Å²) in [6.45, 7) is 5.87. The molecule has 1 aliphatic rings. The largest absolute Gasteiger partial charge is 0.358 e. The summed E-state index contributed by atoms with van der Waals surface area (Å²) >= 11 is 0. The van der Waals surface area contributed by atoms with Crippen LogP contribution in [0.2, 0.25) is 0 Å².